The van der Waals surface area contributed by atoms with Crippen molar-refractivity contribution in [1.29, 1.82) is 0 Å². The van der Waals surface area contributed by atoms with Crippen molar-refractivity contribution in [2.75, 3.05) is 18.1 Å². The fourth-order valence-electron chi connectivity index (χ4n) is 3.87. The Morgan fingerprint density at radius 2 is 1.75 bits per heavy atom. The molecule has 0 aliphatic carbocycles. The SMILES string of the molecule is O=C(NOC1CCCCO1)C1(NCc2ccc(C#Cc3ccccc3)cc2)CCSCC1. The predicted octanol–water partition coefficient (Wildman–Crippen LogP) is 4.02. The van der Waals surface area contributed by atoms with Crippen LogP contribution in [-0.2, 0) is 20.9 Å². The third kappa shape index (κ3) is 6.36. The number of thioether (sulfide) groups is 1. The van der Waals surface area contributed by atoms with E-state index in [9.17, 15) is 4.79 Å². The highest BCUT2D eigenvalue weighted by atomic mass is 32.2. The molecule has 2 fully saturated rings. The molecule has 2 heterocycles. The molecule has 0 spiro atoms. The minimum Gasteiger partial charge on any atom is -0.350 e. The van der Waals surface area contributed by atoms with Crippen LogP contribution in [0.4, 0.5) is 0 Å². The van der Waals surface area contributed by atoms with Crippen LogP contribution in [0.2, 0.25) is 0 Å². The Hall–Kier alpha value is -2.30. The maximum absolute atomic E-state index is 13.1. The first-order valence-electron chi connectivity index (χ1n) is 11.3. The van der Waals surface area contributed by atoms with E-state index in [4.69, 9.17) is 9.57 Å². The zero-order chi connectivity index (χ0) is 22.1. The van der Waals surface area contributed by atoms with Gasteiger partial charge in [-0.05, 0) is 67.0 Å². The van der Waals surface area contributed by atoms with Crippen LogP contribution in [0.3, 0.4) is 0 Å². The third-order valence-electron chi connectivity index (χ3n) is 5.91. The lowest BCUT2D eigenvalue weighted by Crippen LogP contribution is -2.59. The number of amides is 1. The third-order valence-corrected chi connectivity index (χ3v) is 6.90. The number of hydroxylamine groups is 1. The van der Waals surface area contributed by atoms with Gasteiger partial charge in [0.25, 0.3) is 5.91 Å². The van der Waals surface area contributed by atoms with Crippen molar-refractivity contribution in [2.45, 2.75) is 50.5 Å². The van der Waals surface area contributed by atoms with Gasteiger partial charge < -0.3 is 4.74 Å². The molecule has 2 saturated heterocycles. The molecule has 32 heavy (non-hydrogen) atoms. The monoisotopic (exact) mass is 450 g/mol. The lowest BCUT2D eigenvalue weighted by atomic mass is 9.91. The standard InChI is InChI=1S/C26H30N2O3S/c29-25(28-31-24-8-4-5-17-30-24)26(15-18-32-19-16-26)27-20-23-13-11-22(12-14-23)10-9-21-6-2-1-3-7-21/h1-3,6-7,11-14,24,27H,4-5,8,15-20H2,(H,28,29). The molecule has 1 amide bonds. The molecular formula is C26H30N2O3S. The summed E-state index contributed by atoms with van der Waals surface area (Å²) in [6.45, 7) is 1.30. The van der Waals surface area contributed by atoms with Crippen molar-refractivity contribution < 1.29 is 14.4 Å². The summed E-state index contributed by atoms with van der Waals surface area (Å²) in [5, 5.41) is 3.53. The molecular weight excluding hydrogens is 420 g/mol. The average molecular weight is 451 g/mol. The van der Waals surface area contributed by atoms with Gasteiger partial charge in [0.15, 0.2) is 6.29 Å². The van der Waals surface area contributed by atoms with E-state index in [1.165, 1.54) is 0 Å². The van der Waals surface area contributed by atoms with Crippen LogP contribution in [-0.4, -0.2) is 35.8 Å². The fraction of sp³-hybridized carbons (Fsp3) is 0.423. The number of carbonyl (C=O) groups is 1. The maximum atomic E-state index is 13.1. The maximum Gasteiger partial charge on any atom is 0.263 e. The number of rotatable bonds is 6. The van der Waals surface area contributed by atoms with Crippen LogP contribution in [0.25, 0.3) is 0 Å². The highest BCUT2D eigenvalue weighted by Gasteiger charge is 2.40. The van der Waals surface area contributed by atoms with Crippen molar-refractivity contribution in [3.63, 3.8) is 0 Å². The molecule has 1 unspecified atom stereocenters. The van der Waals surface area contributed by atoms with Crippen molar-refractivity contribution in [3.8, 4) is 11.8 Å². The van der Waals surface area contributed by atoms with E-state index in [2.05, 4.69) is 34.8 Å². The largest absolute Gasteiger partial charge is 0.350 e. The van der Waals surface area contributed by atoms with Gasteiger partial charge in [-0.2, -0.15) is 11.8 Å². The summed E-state index contributed by atoms with van der Waals surface area (Å²) in [6, 6.07) is 18.2. The fourth-order valence-corrected chi connectivity index (χ4v) is 5.06. The van der Waals surface area contributed by atoms with E-state index in [0.29, 0.717) is 13.2 Å². The zero-order valence-electron chi connectivity index (χ0n) is 18.3. The first-order valence-corrected chi connectivity index (χ1v) is 12.5. The van der Waals surface area contributed by atoms with Gasteiger partial charge in [-0.1, -0.05) is 42.2 Å². The molecule has 5 nitrogen and oxygen atoms in total. The number of carbonyl (C=O) groups excluding carboxylic acids is 1. The average Bonchev–Trinajstić information content (AvgIpc) is 2.87. The number of hydrogen-bond donors (Lipinski definition) is 2. The minimum atomic E-state index is -0.619. The number of ether oxygens (including phenoxy) is 1. The van der Waals surface area contributed by atoms with E-state index in [0.717, 1.165) is 60.3 Å². The second-order valence-corrected chi connectivity index (χ2v) is 9.43. The molecule has 0 saturated carbocycles. The lowest BCUT2D eigenvalue weighted by Gasteiger charge is -2.37. The highest BCUT2D eigenvalue weighted by Crippen LogP contribution is 2.28. The van der Waals surface area contributed by atoms with Gasteiger partial charge >= 0.3 is 0 Å². The summed E-state index contributed by atoms with van der Waals surface area (Å²) < 4.78 is 5.56. The summed E-state index contributed by atoms with van der Waals surface area (Å²) in [5.41, 5.74) is 5.16. The van der Waals surface area contributed by atoms with E-state index >= 15 is 0 Å². The van der Waals surface area contributed by atoms with Crippen LogP contribution in [0.5, 0.6) is 0 Å². The van der Waals surface area contributed by atoms with Crippen LogP contribution >= 0.6 is 11.8 Å². The molecule has 2 aliphatic rings. The Morgan fingerprint density at radius 1 is 1.03 bits per heavy atom. The molecule has 1 atom stereocenters. The molecule has 2 aliphatic heterocycles. The molecule has 2 N–H and O–H groups in total. The van der Waals surface area contributed by atoms with Crippen LogP contribution in [0, 0.1) is 11.8 Å². The van der Waals surface area contributed by atoms with Crippen molar-refractivity contribution in [2.24, 2.45) is 0 Å². The predicted molar refractivity (Wildman–Crippen MR) is 128 cm³/mol. The first kappa shape index (κ1) is 22.9. The van der Waals surface area contributed by atoms with Crippen molar-refractivity contribution >= 4 is 17.7 Å². The molecule has 0 radical (unpaired) electrons. The Labute approximate surface area is 194 Å². The van der Waals surface area contributed by atoms with E-state index in [1.54, 1.807) is 0 Å². The Morgan fingerprint density at radius 3 is 2.44 bits per heavy atom. The summed E-state index contributed by atoms with van der Waals surface area (Å²) in [7, 11) is 0. The molecule has 4 rings (SSSR count). The molecule has 168 valence electrons. The Bertz CT molecular complexity index is 925. The number of nitrogens with one attached hydrogen (secondary N) is 2. The normalized spacial score (nSPS) is 20.1. The molecule has 6 heteroatoms. The van der Waals surface area contributed by atoms with E-state index in [-0.39, 0.29) is 12.2 Å². The van der Waals surface area contributed by atoms with Gasteiger partial charge in [-0.25, -0.2) is 10.3 Å². The topological polar surface area (TPSA) is 59.6 Å². The smallest absolute Gasteiger partial charge is 0.263 e. The Balaban J connectivity index is 1.34. The van der Waals surface area contributed by atoms with Crippen LogP contribution in [0.15, 0.2) is 54.6 Å². The second kappa shape index (κ2) is 11.5. The summed E-state index contributed by atoms with van der Waals surface area (Å²) in [4.78, 5) is 18.6. The van der Waals surface area contributed by atoms with Crippen LogP contribution < -0.4 is 10.8 Å². The highest BCUT2D eigenvalue weighted by molar-refractivity contribution is 7.99. The van der Waals surface area contributed by atoms with Gasteiger partial charge in [-0.3, -0.25) is 10.1 Å². The van der Waals surface area contributed by atoms with Crippen molar-refractivity contribution in [1.82, 2.24) is 10.8 Å². The number of hydrogen-bond acceptors (Lipinski definition) is 5. The molecule has 0 bridgehead atoms. The lowest BCUT2D eigenvalue weighted by molar-refractivity contribution is -0.203. The van der Waals surface area contributed by atoms with Gasteiger partial charge in [-0.15, -0.1) is 0 Å². The molecule has 2 aromatic rings. The van der Waals surface area contributed by atoms with Gasteiger partial charge in [0.2, 0.25) is 0 Å². The molecule has 0 aromatic heterocycles. The summed E-state index contributed by atoms with van der Waals surface area (Å²) in [5.74, 6) is 8.19. The van der Waals surface area contributed by atoms with Crippen molar-refractivity contribution in [3.05, 3.63) is 71.3 Å². The van der Waals surface area contributed by atoms with Gasteiger partial charge in [0.05, 0.1) is 0 Å². The zero-order valence-corrected chi connectivity index (χ0v) is 19.1. The van der Waals surface area contributed by atoms with Gasteiger partial charge in [0, 0.05) is 30.7 Å². The minimum absolute atomic E-state index is 0.0997. The van der Waals surface area contributed by atoms with Crippen LogP contribution in [0.1, 0.15) is 48.8 Å². The summed E-state index contributed by atoms with van der Waals surface area (Å²) in [6.07, 6.45) is 4.14. The van der Waals surface area contributed by atoms with E-state index < -0.39 is 5.54 Å². The summed E-state index contributed by atoms with van der Waals surface area (Å²) >= 11 is 1.89. The van der Waals surface area contributed by atoms with Gasteiger partial charge in [0.1, 0.15) is 5.54 Å². The second-order valence-electron chi connectivity index (χ2n) is 8.21. The van der Waals surface area contributed by atoms with E-state index in [1.807, 2.05) is 54.2 Å². The number of benzene rings is 2. The quantitative estimate of drug-likeness (QED) is 0.514. The molecule has 2 aromatic carbocycles. The Kier molecular flexibility index (Phi) is 8.24. The first-order chi connectivity index (χ1) is 15.7.